The Morgan fingerprint density at radius 2 is 1.86 bits per heavy atom. The highest BCUT2D eigenvalue weighted by Gasteiger charge is 2.27. The van der Waals surface area contributed by atoms with Crippen LogP contribution in [-0.2, 0) is 4.74 Å². The van der Waals surface area contributed by atoms with Gasteiger partial charge in [0.1, 0.15) is 18.1 Å². The zero-order valence-corrected chi connectivity index (χ0v) is 14.2. The van der Waals surface area contributed by atoms with E-state index in [9.17, 15) is 0 Å². The number of hydrogen-bond donors (Lipinski definition) is 1. The molecule has 2 rings (SSSR count). The van der Waals surface area contributed by atoms with Gasteiger partial charge < -0.3 is 19.9 Å². The predicted molar refractivity (Wildman–Crippen MR) is 90.2 cm³/mol. The fourth-order valence-corrected chi connectivity index (χ4v) is 2.77. The largest absolute Gasteiger partial charge is 0.497 e. The van der Waals surface area contributed by atoms with E-state index < -0.39 is 0 Å². The monoisotopic (exact) mass is 330 g/mol. The quantitative estimate of drug-likeness (QED) is 0.828. The van der Waals surface area contributed by atoms with Crippen LogP contribution in [0.15, 0.2) is 24.3 Å². The van der Waals surface area contributed by atoms with Crippen LogP contribution >= 0.6 is 12.4 Å². The number of ether oxygens (including phenoxy) is 3. The van der Waals surface area contributed by atoms with E-state index in [1.807, 2.05) is 24.3 Å². The van der Waals surface area contributed by atoms with E-state index in [4.69, 9.17) is 19.9 Å². The van der Waals surface area contributed by atoms with Gasteiger partial charge in [-0.05, 0) is 37.1 Å². The van der Waals surface area contributed by atoms with Crippen molar-refractivity contribution >= 4 is 12.4 Å². The third-order valence-corrected chi connectivity index (χ3v) is 4.10. The summed E-state index contributed by atoms with van der Waals surface area (Å²) in [5, 5.41) is 0. The van der Waals surface area contributed by atoms with Crippen molar-refractivity contribution in [2.75, 3.05) is 40.5 Å². The molecule has 0 spiro atoms. The highest BCUT2D eigenvalue weighted by atomic mass is 35.5. The summed E-state index contributed by atoms with van der Waals surface area (Å²) in [5.74, 6) is 1.71. The van der Waals surface area contributed by atoms with Crippen LogP contribution in [0, 0.1) is 0 Å². The fourth-order valence-electron chi connectivity index (χ4n) is 2.77. The second-order valence-electron chi connectivity index (χ2n) is 5.33. The SMILES string of the molecule is COc1ccc(OCCN2CCC(OC)CC2CN)cc1.Cl. The minimum Gasteiger partial charge on any atom is -0.497 e. The summed E-state index contributed by atoms with van der Waals surface area (Å²) in [6.45, 7) is 3.25. The number of methoxy groups -OCH3 is 2. The van der Waals surface area contributed by atoms with Crippen LogP contribution in [0.4, 0.5) is 0 Å². The number of rotatable bonds is 7. The van der Waals surface area contributed by atoms with Gasteiger partial charge >= 0.3 is 0 Å². The molecule has 1 aromatic carbocycles. The molecule has 0 aliphatic carbocycles. The molecule has 6 heteroatoms. The maximum absolute atomic E-state index is 5.87. The molecule has 1 saturated heterocycles. The molecule has 1 heterocycles. The summed E-state index contributed by atoms with van der Waals surface area (Å²) in [7, 11) is 3.44. The molecule has 22 heavy (non-hydrogen) atoms. The van der Waals surface area contributed by atoms with Crippen LogP contribution < -0.4 is 15.2 Å². The Kier molecular flexibility index (Phi) is 8.56. The number of piperidine rings is 1. The number of nitrogens with zero attached hydrogens (tertiary/aromatic N) is 1. The van der Waals surface area contributed by atoms with Crippen molar-refractivity contribution in [1.29, 1.82) is 0 Å². The lowest BCUT2D eigenvalue weighted by Crippen LogP contribution is -2.49. The first-order valence-corrected chi connectivity index (χ1v) is 7.50. The van der Waals surface area contributed by atoms with Gasteiger partial charge in [0.2, 0.25) is 0 Å². The topological polar surface area (TPSA) is 57.0 Å². The molecule has 0 radical (unpaired) electrons. The van der Waals surface area contributed by atoms with Crippen molar-refractivity contribution in [2.24, 2.45) is 5.73 Å². The van der Waals surface area contributed by atoms with Crippen LogP contribution in [0.25, 0.3) is 0 Å². The van der Waals surface area contributed by atoms with Gasteiger partial charge in [-0.3, -0.25) is 4.90 Å². The van der Waals surface area contributed by atoms with E-state index in [2.05, 4.69) is 4.90 Å². The standard InChI is InChI=1S/C16H26N2O3.ClH/c1-19-14-3-5-15(6-4-14)21-10-9-18-8-7-16(20-2)11-13(18)12-17;/h3-6,13,16H,7-12,17H2,1-2H3;1H. The number of hydrogen-bond acceptors (Lipinski definition) is 5. The van der Waals surface area contributed by atoms with Gasteiger partial charge in [-0.1, -0.05) is 0 Å². The predicted octanol–water partition coefficient (Wildman–Crippen LogP) is 1.93. The molecule has 0 aromatic heterocycles. The van der Waals surface area contributed by atoms with Crippen molar-refractivity contribution in [1.82, 2.24) is 4.90 Å². The highest BCUT2D eigenvalue weighted by molar-refractivity contribution is 5.85. The van der Waals surface area contributed by atoms with Gasteiger partial charge in [0.05, 0.1) is 13.2 Å². The average Bonchev–Trinajstić information content (AvgIpc) is 2.55. The molecule has 1 aliphatic rings. The molecule has 0 saturated carbocycles. The summed E-state index contributed by atoms with van der Waals surface area (Å²) in [6, 6.07) is 8.06. The molecule has 1 aliphatic heterocycles. The molecule has 2 unspecified atom stereocenters. The van der Waals surface area contributed by atoms with Gasteiger partial charge in [-0.15, -0.1) is 12.4 Å². The summed E-state index contributed by atoms with van der Waals surface area (Å²) in [4.78, 5) is 2.40. The number of nitrogens with two attached hydrogens (primary N) is 1. The Hall–Kier alpha value is -1.01. The molecular formula is C16H27ClN2O3. The number of halogens is 1. The molecule has 1 aromatic rings. The third-order valence-electron chi connectivity index (χ3n) is 4.10. The molecule has 0 amide bonds. The number of benzene rings is 1. The Morgan fingerprint density at radius 3 is 2.45 bits per heavy atom. The van der Waals surface area contributed by atoms with E-state index in [1.54, 1.807) is 14.2 Å². The Balaban J connectivity index is 0.00000242. The molecule has 0 bridgehead atoms. The van der Waals surface area contributed by atoms with Crippen molar-refractivity contribution in [3.8, 4) is 11.5 Å². The summed E-state index contributed by atoms with van der Waals surface area (Å²) in [6.07, 6.45) is 2.42. The Morgan fingerprint density at radius 1 is 1.18 bits per heavy atom. The molecule has 126 valence electrons. The van der Waals surface area contributed by atoms with Crippen molar-refractivity contribution < 1.29 is 14.2 Å². The third kappa shape index (κ3) is 5.32. The summed E-state index contributed by atoms with van der Waals surface area (Å²) >= 11 is 0. The van der Waals surface area contributed by atoms with Gasteiger partial charge in [-0.2, -0.15) is 0 Å². The minimum absolute atomic E-state index is 0. The Bertz CT molecular complexity index is 416. The van der Waals surface area contributed by atoms with Crippen LogP contribution in [0.2, 0.25) is 0 Å². The van der Waals surface area contributed by atoms with E-state index >= 15 is 0 Å². The molecule has 5 nitrogen and oxygen atoms in total. The second-order valence-corrected chi connectivity index (χ2v) is 5.33. The number of likely N-dealkylation sites (tertiary alicyclic amines) is 1. The van der Waals surface area contributed by atoms with Crippen LogP contribution in [0.3, 0.4) is 0 Å². The van der Waals surface area contributed by atoms with Gasteiger partial charge in [0.25, 0.3) is 0 Å². The van der Waals surface area contributed by atoms with Gasteiger partial charge in [0.15, 0.2) is 0 Å². The lowest BCUT2D eigenvalue weighted by atomic mass is 9.99. The van der Waals surface area contributed by atoms with Crippen LogP contribution in [-0.4, -0.2) is 57.5 Å². The Labute approximate surface area is 139 Å². The van der Waals surface area contributed by atoms with Crippen molar-refractivity contribution in [3.05, 3.63) is 24.3 Å². The van der Waals surface area contributed by atoms with Gasteiger partial charge in [0, 0.05) is 32.8 Å². The maximum atomic E-state index is 5.87. The fraction of sp³-hybridized carbons (Fsp3) is 0.625. The van der Waals surface area contributed by atoms with Crippen molar-refractivity contribution in [2.45, 2.75) is 25.0 Å². The first-order valence-electron chi connectivity index (χ1n) is 7.50. The zero-order valence-electron chi connectivity index (χ0n) is 13.4. The van der Waals surface area contributed by atoms with E-state index in [-0.39, 0.29) is 12.4 Å². The maximum Gasteiger partial charge on any atom is 0.119 e. The van der Waals surface area contributed by atoms with E-state index in [1.165, 1.54) is 0 Å². The lowest BCUT2D eigenvalue weighted by Gasteiger charge is -2.38. The first kappa shape index (κ1) is 19.0. The van der Waals surface area contributed by atoms with Gasteiger partial charge in [-0.25, -0.2) is 0 Å². The summed E-state index contributed by atoms with van der Waals surface area (Å²) in [5.41, 5.74) is 5.87. The minimum atomic E-state index is 0. The second kappa shape index (κ2) is 9.90. The lowest BCUT2D eigenvalue weighted by molar-refractivity contribution is 0.00923. The molecule has 2 N–H and O–H groups in total. The smallest absolute Gasteiger partial charge is 0.119 e. The van der Waals surface area contributed by atoms with Crippen LogP contribution in [0.5, 0.6) is 11.5 Å². The normalized spacial score (nSPS) is 22.0. The van der Waals surface area contributed by atoms with Crippen LogP contribution in [0.1, 0.15) is 12.8 Å². The average molecular weight is 331 g/mol. The molecule has 2 atom stereocenters. The summed E-state index contributed by atoms with van der Waals surface area (Å²) < 4.78 is 16.4. The highest BCUT2D eigenvalue weighted by Crippen LogP contribution is 2.20. The molecule has 1 fully saturated rings. The van der Waals surface area contributed by atoms with E-state index in [0.717, 1.165) is 37.4 Å². The first-order chi connectivity index (χ1) is 10.3. The van der Waals surface area contributed by atoms with E-state index in [0.29, 0.717) is 25.3 Å². The zero-order chi connectivity index (χ0) is 15.1. The molecular weight excluding hydrogens is 304 g/mol. The van der Waals surface area contributed by atoms with Crippen molar-refractivity contribution in [3.63, 3.8) is 0 Å².